The number of carbonyl (C=O) groups excluding carboxylic acids is 2. The Morgan fingerprint density at radius 1 is 1.16 bits per heavy atom. The summed E-state index contributed by atoms with van der Waals surface area (Å²) in [7, 11) is 1.61. The summed E-state index contributed by atoms with van der Waals surface area (Å²) in [6, 6.07) is 11.3. The quantitative estimate of drug-likeness (QED) is 0.540. The molecule has 1 saturated heterocycles. The summed E-state index contributed by atoms with van der Waals surface area (Å²) in [6.45, 7) is 1.35. The standard InChI is InChI=1S/C22H23N5O4S/c1-30-18-6-4-16(5-7-18)11-26-12-19(31-15-17-3-2-8-23-9-17)13-27(14-21(26)28)22(29)20-10-24-32-25-20/h2-10,19H,11-15H2,1H3. The van der Waals surface area contributed by atoms with Crippen LogP contribution < -0.4 is 4.74 Å². The molecule has 1 aliphatic rings. The number of rotatable bonds is 7. The summed E-state index contributed by atoms with van der Waals surface area (Å²) >= 11 is 0.960. The summed E-state index contributed by atoms with van der Waals surface area (Å²) in [6.07, 6.45) is 4.49. The third-order valence-corrected chi connectivity index (χ3v) is 5.61. The van der Waals surface area contributed by atoms with Gasteiger partial charge in [0, 0.05) is 32.0 Å². The van der Waals surface area contributed by atoms with Crippen LogP contribution in [0.25, 0.3) is 0 Å². The van der Waals surface area contributed by atoms with Crippen molar-refractivity contribution >= 4 is 23.5 Å². The highest BCUT2D eigenvalue weighted by atomic mass is 32.1. The SMILES string of the molecule is COc1ccc(CN2CC(OCc3cccnc3)CN(C(=O)c3cnsn3)CC2=O)cc1. The van der Waals surface area contributed by atoms with Gasteiger partial charge < -0.3 is 19.3 Å². The van der Waals surface area contributed by atoms with E-state index in [1.165, 1.54) is 11.1 Å². The molecule has 1 fully saturated rings. The van der Waals surface area contributed by atoms with E-state index in [9.17, 15) is 9.59 Å². The van der Waals surface area contributed by atoms with E-state index in [1.54, 1.807) is 24.4 Å². The second-order valence-electron chi connectivity index (χ2n) is 7.39. The van der Waals surface area contributed by atoms with Crippen molar-refractivity contribution in [2.45, 2.75) is 19.3 Å². The number of aromatic nitrogens is 3. The fourth-order valence-electron chi connectivity index (χ4n) is 3.46. The first-order chi connectivity index (χ1) is 15.6. The minimum Gasteiger partial charge on any atom is -0.497 e. The van der Waals surface area contributed by atoms with E-state index in [-0.39, 0.29) is 36.7 Å². The second kappa shape index (κ2) is 10.3. The number of carbonyl (C=O) groups is 2. The highest BCUT2D eigenvalue weighted by Gasteiger charge is 2.32. The van der Waals surface area contributed by atoms with Crippen LogP contribution in [-0.4, -0.2) is 68.2 Å². The molecular weight excluding hydrogens is 430 g/mol. The normalized spacial score (nSPS) is 16.7. The molecular formula is C22H23N5O4S. The zero-order valence-electron chi connectivity index (χ0n) is 17.6. The molecule has 0 spiro atoms. The first kappa shape index (κ1) is 21.8. The molecule has 2 aromatic heterocycles. The van der Waals surface area contributed by atoms with Crippen LogP contribution in [-0.2, 0) is 22.7 Å². The van der Waals surface area contributed by atoms with Crippen molar-refractivity contribution in [1.82, 2.24) is 23.5 Å². The van der Waals surface area contributed by atoms with Gasteiger partial charge in [-0.3, -0.25) is 14.6 Å². The highest BCUT2D eigenvalue weighted by molar-refractivity contribution is 6.99. The van der Waals surface area contributed by atoms with E-state index in [4.69, 9.17) is 9.47 Å². The van der Waals surface area contributed by atoms with E-state index >= 15 is 0 Å². The van der Waals surface area contributed by atoms with Crippen LogP contribution in [0, 0.1) is 0 Å². The Kier molecular flexibility index (Phi) is 7.03. The average Bonchev–Trinajstić information content (AvgIpc) is 3.32. The number of nitrogens with zero attached hydrogens (tertiary/aromatic N) is 5. The lowest BCUT2D eigenvalue weighted by atomic mass is 10.2. The zero-order chi connectivity index (χ0) is 22.3. The van der Waals surface area contributed by atoms with Crippen molar-refractivity contribution in [3.8, 4) is 5.75 Å². The molecule has 2 amide bonds. The van der Waals surface area contributed by atoms with Crippen LogP contribution in [0.3, 0.4) is 0 Å². The topological polar surface area (TPSA) is 97.8 Å². The minimum absolute atomic E-state index is 0.0424. The van der Waals surface area contributed by atoms with Crippen LogP contribution in [0.5, 0.6) is 5.75 Å². The number of pyridine rings is 1. The van der Waals surface area contributed by atoms with Gasteiger partial charge in [-0.2, -0.15) is 8.75 Å². The van der Waals surface area contributed by atoms with Crippen molar-refractivity contribution in [2.75, 3.05) is 26.7 Å². The molecule has 0 N–H and O–H groups in total. The number of hydrogen-bond donors (Lipinski definition) is 0. The Bertz CT molecular complexity index is 1030. The van der Waals surface area contributed by atoms with Crippen molar-refractivity contribution in [3.05, 3.63) is 71.8 Å². The predicted octanol–water partition coefficient (Wildman–Crippen LogP) is 2.01. The van der Waals surface area contributed by atoms with Gasteiger partial charge in [0.25, 0.3) is 5.91 Å². The summed E-state index contributed by atoms with van der Waals surface area (Å²) < 4.78 is 19.2. The maximum Gasteiger partial charge on any atom is 0.275 e. The molecule has 1 aromatic carbocycles. The molecule has 4 rings (SSSR count). The molecule has 0 aliphatic carbocycles. The van der Waals surface area contributed by atoms with E-state index < -0.39 is 0 Å². The Labute approximate surface area is 189 Å². The van der Waals surface area contributed by atoms with Crippen LogP contribution in [0.2, 0.25) is 0 Å². The first-order valence-electron chi connectivity index (χ1n) is 10.1. The average molecular weight is 454 g/mol. The number of benzene rings is 1. The molecule has 10 heteroatoms. The molecule has 9 nitrogen and oxygen atoms in total. The van der Waals surface area contributed by atoms with Crippen molar-refractivity contribution in [1.29, 1.82) is 0 Å². The summed E-state index contributed by atoms with van der Waals surface area (Å²) in [5.41, 5.74) is 2.12. The fourth-order valence-corrected chi connectivity index (χ4v) is 3.87. The number of ether oxygens (including phenoxy) is 2. The Balaban J connectivity index is 1.51. The molecule has 1 atom stereocenters. The van der Waals surface area contributed by atoms with E-state index in [0.717, 1.165) is 28.6 Å². The molecule has 3 heterocycles. The Hall–Kier alpha value is -3.37. The van der Waals surface area contributed by atoms with Crippen LogP contribution in [0.4, 0.5) is 0 Å². The molecule has 166 valence electrons. The Morgan fingerprint density at radius 3 is 2.69 bits per heavy atom. The molecule has 0 bridgehead atoms. The van der Waals surface area contributed by atoms with Gasteiger partial charge >= 0.3 is 0 Å². The van der Waals surface area contributed by atoms with Crippen molar-refractivity contribution < 1.29 is 19.1 Å². The molecule has 1 unspecified atom stereocenters. The lowest BCUT2D eigenvalue weighted by Gasteiger charge is -2.25. The molecule has 1 aliphatic heterocycles. The van der Waals surface area contributed by atoms with Gasteiger partial charge in [0.2, 0.25) is 5.91 Å². The molecule has 0 saturated carbocycles. The summed E-state index contributed by atoms with van der Waals surface area (Å²) in [5, 5.41) is 0. The van der Waals surface area contributed by atoms with Crippen molar-refractivity contribution in [2.24, 2.45) is 0 Å². The van der Waals surface area contributed by atoms with Crippen LogP contribution in [0.1, 0.15) is 21.6 Å². The van der Waals surface area contributed by atoms with Gasteiger partial charge in [0.15, 0.2) is 5.69 Å². The zero-order valence-corrected chi connectivity index (χ0v) is 18.4. The molecule has 3 aromatic rings. The Morgan fingerprint density at radius 2 is 2.00 bits per heavy atom. The maximum absolute atomic E-state index is 13.1. The molecule has 32 heavy (non-hydrogen) atoms. The van der Waals surface area contributed by atoms with Crippen LogP contribution >= 0.6 is 11.7 Å². The third kappa shape index (κ3) is 5.45. The smallest absolute Gasteiger partial charge is 0.275 e. The van der Waals surface area contributed by atoms with E-state index in [1.807, 2.05) is 36.4 Å². The van der Waals surface area contributed by atoms with E-state index in [0.29, 0.717) is 19.7 Å². The third-order valence-electron chi connectivity index (χ3n) is 5.14. The van der Waals surface area contributed by atoms with Crippen molar-refractivity contribution in [3.63, 3.8) is 0 Å². The minimum atomic E-state index is -0.365. The first-order valence-corrected chi connectivity index (χ1v) is 10.8. The lowest BCUT2D eigenvalue weighted by molar-refractivity contribution is -0.132. The largest absolute Gasteiger partial charge is 0.497 e. The van der Waals surface area contributed by atoms with Gasteiger partial charge in [0.1, 0.15) is 12.3 Å². The van der Waals surface area contributed by atoms with Gasteiger partial charge in [0.05, 0.1) is 37.7 Å². The van der Waals surface area contributed by atoms with Gasteiger partial charge in [-0.25, -0.2) is 0 Å². The monoisotopic (exact) mass is 453 g/mol. The fraction of sp³-hybridized carbons (Fsp3) is 0.318. The number of amides is 2. The lowest BCUT2D eigenvalue weighted by Crippen LogP contribution is -2.39. The second-order valence-corrected chi connectivity index (χ2v) is 7.95. The summed E-state index contributed by atoms with van der Waals surface area (Å²) in [4.78, 5) is 33.3. The van der Waals surface area contributed by atoms with Gasteiger partial charge in [-0.1, -0.05) is 18.2 Å². The highest BCUT2D eigenvalue weighted by Crippen LogP contribution is 2.17. The predicted molar refractivity (Wildman–Crippen MR) is 117 cm³/mol. The van der Waals surface area contributed by atoms with Gasteiger partial charge in [-0.15, -0.1) is 0 Å². The van der Waals surface area contributed by atoms with E-state index in [2.05, 4.69) is 13.7 Å². The molecule has 0 radical (unpaired) electrons. The number of methoxy groups -OCH3 is 1. The number of hydrogen-bond acceptors (Lipinski definition) is 8. The van der Waals surface area contributed by atoms with Crippen LogP contribution in [0.15, 0.2) is 55.0 Å². The summed E-state index contributed by atoms with van der Waals surface area (Å²) in [5.74, 6) is 0.278. The maximum atomic E-state index is 13.1. The van der Waals surface area contributed by atoms with Gasteiger partial charge in [-0.05, 0) is 29.3 Å².